The van der Waals surface area contributed by atoms with E-state index < -0.39 is 28.1 Å². The summed E-state index contributed by atoms with van der Waals surface area (Å²) < 4.78 is 32.6. The predicted molar refractivity (Wildman–Crippen MR) is 109 cm³/mol. The number of hydrogen-bond donors (Lipinski definition) is 2. The summed E-state index contributed by atoms with van der Waals surface area (Å²) in [4.78, 5) is 25.0. The number of halogens is 1. The van der Waals surface area contributed by atoms with Crippen molar-refractivity contribution in [2.75, 3.05) is 19.7 Å². The van der Waals surface area contributed by atoms with Crippen molar-refractivity contribution >= 4 is 44.8 Å². The molecule has 1 atom stereocenters. The molecule has 0 unspecified atom stereocenters. The molecule has 0 aliphatic carbocycles. The second-order valence-electron chi connectivity index (χ2n) is 6.22. The first kappa shape index (κ1) is 21.7. The van der Waals surface area contributed by atoms with E-state index in [2.05, 4.69) is 10.6 Å². The number of thiophene rings is 1. The molecule has 8 nitrogen and oxygen atoms in total. The fourth-order valence-electron chi connectivity index (χ4n) is 2.77. The Bertz CT molecular complexity index is 948. The molecule has 1 aromatic carbocycles. The molecular formula is C18H20ClN3O5S2. The third-order valence-electron chi connectivity index (χ3n) is 4.22. The van der Waals surface area contributed by atoms with Crippen LogP contribution in [0.4, 0.5) is 0 Å². The van der Waals surface area contributed by atoms with Gasteiger partial charge in [0.1, 0.15) is 6.23 Å². The standard InChI is InChI=1S/C18H20ClN3O5S2/c19-13-4-6-15(7-5-13)29(25,26)22-8-2-9-27-16(22)12-21-18(24)17(23)20-11-14-3-1-10-28-14/h1,3-7,10,16H,2,8-9,11-12H2,(H,20,23)(H,21,24)/t16-/m1/s1. The van der Waals surface area contributed by atoms with Gasteiger partial charge in [0.15, 0.2) is 0 Å². The van der Waals surface area contributed by atoms with Crippen LogP contribution in [0.2, 0.25) is 5.02 Å². The number of sulfonamides is 1. The van der Waals surface area contributed by atoms with Gasteiger partial charge in [-0.15, -0.1) is 11.3 Å². The quantitative estimate of drug-likeness (QED) is 0.641. The van der Waals surface area contributed by atoms with E-state index in [0.29, 0.717) is 18.1 Å². The zero-order chi connectivity index (χ0) is 20.9. The molecule has 29 heavy (non-hydrogen) atoms. The van der Waals surface area contributed by atoms with Crippen LogP contribution in [0.3, 0.4) is 0 Å². The zero-order valence-electron chi connectivity index (χ0n) is 15.3. The summed E-state index contributed by atoms with van der Waals surface area (Å²) in [5.74, 6) is -1.64. The van der Waals surface area contributed by atoms with Crippen molar-refractivity contribution in [2.24, 2.45) is 0 Å². The highest BCUT2D eigenvalue weighted by atomic mass is 35.5. The maximum absolute atomic E-state index is 12.9. The van der Waals surface area contributed by atoms with Crippen LogP contribution < -0.4 is 10.6 Å². The van der Waals surface area contributed by atoms with Crippen molar-refractivity contribution in [2.45, 2.75) is 24.1 Å². The van der Waals surface area contributed by atoms with Gasteiger partial charge in [0.05, 0.1) is 24.6 Å². The molecule has 1 aliphatic heterocycles. The van der Waals surface area contributed by atoms with Crippen LogP contribution in [0.15, 0.2) is 46.7 Å². The Balaban J connectivity index is 1.60. The van der Waals surface area contributed by atoms with Crippen LogP contribution in [0.5, 0.6) is 0 Å². The van der Waals surface area contributed by atoms with E-state index >= 15 is 0 Å². The molecule has 3 rings (SSSR count). The number of ether oxygens (including phenoxy) is 1. The number of nitrogens with one attached hydrogen (secondary N) is 2. The Morgan fingerprint density at radius 3 is 2.59 bits per heavy atom. The summed E-state index contributed by atoms with van der Waals surface area (Å²) in [6.45, 7) is 0.715. The van der Waals surface area contributed by atoms with Crippen LogP contribution in [0.1, 0.15) is 11.3 Å². The molecule has 2 N–H and O–H groups in total. The maximum atomic E-state index is 12.9. The van der Waals surface area contributed by atoms with Gasteiger partial charge in [-0.3, -0.25) is 9.59 Å². The van der Waals surface area contributed by atoms with Gasteiger partial charge in [-0.2, -0.15) is 4.31 Å². The number of amides is 2. The molecule has 2 aromatic rings. The van der Waals surface area contributed by atoms with E-state index in [4.69, 9.17) is 16.3 Å². The monoisotopic (exact) mass is 457 g/mol. The van der Waals surface area contributed by atoms with Gasteiger partial charge in [-0.05, 0) is 42.1 Å². The molecule has 1 fully saturated rings. The van der Waals surface area contributed by atoms with E-state index in [0.717, 1.165) is 4.88 Å². The molecule has 156 valence electrons. The van der Waals surface area contributed by atoms with E-state index in [1.54, 1.807) is 0 Å². The lowest BCUT2D eigenvalue weighted by molar-refractivity contribution is -0.140. The highest BCUT2D eigenvalue weighted by Crippen LogP contribution is 2.23. The fraction of sp³-hybridized carbons (Fsp3) is 0.333. The second-order valence-corrected chi connectivity index (χ2v) is 9.58. The SMILES string of the molecule is O=C(NCc1cccs1)C(=O)NC[C@H]1OCCCN1S(=O)(=O)c1ccc(Cl)cc1. The van der Waals surface area contributed by atoms with Gasteiger partial charge >= 0.3 is 11.8 Å². The average molecular weight is 458 g/mol. The van der Waals surface area contributed by atoms with Gasteiger partial charge in [0.2, 0.25) is 10.0 Å². The minimum Gasteiger partial charge on any atom is -0.360 e. The van der Waals surface area contributed by atoms with Crippen LogP contribution in [-0.2, 0) is 30.9 Å². The highest BCUT2D eigenvalue weighted by molar-refractivity contribution is 7.89. The number of benzene rings is 1. The molecule has 2 heterocycles. The van der Waals surface area contributed by atoms with E-state index in [1.165, 1.54) is 39.9 Å². The largest absolute Gasteiger partial charge is 0.360 e. The Morgan fingerprint density at radius 1 is 1.17 bits per heavy atom. The first-order valence-corrected chi connectivity index (χ1v) is 11.5. The van der Waals surface area contributed by atoms with Crippen molar-refractivity contribution < 1.29 is 22.7 Å². The molecule has 2 amide bonds. The minimum atomic E-state index is -3.84. The molecule has 1 aromatic heterocycles. The smallest absolute Gasteiger partial charge is 0.309 e. The normalized spacial score (nSPS) is 17.6. The molecule has 0 saturated carbocycles. The third kappa shape index (κ3) is 5.55. The van der Waals surface area contributed by atoms with Crippen molar-refractivity contribution in [3.63, 3.8) is 0 Å². The van der Waals surface area contributed by atoms with Gasteiger partial charge in [-0.1, -0.05) is 17.7 Å². The topological polar surface area (TPSA) is 105 Å². The van der Waals surface area contributed by atoms with Gasteiger partial charge in [0.25, 0.3) is 0 Å². The summed E-state index contributed by atoms with van der Waals surface area (Å²) in [5.41, 5.74) is 0. The molecule has 11 heteroatoms. The van der Waals surface area contributed by atoms with Crippen LogP contribution in [0.25, 0.3) is 0 Å². The first-order valence-electron chi connectivity index (χ1n) is 8.85. The van der Waals surface area contributed by atoms with Crippen molar-refractivity contribution in [3.05, 3.63) is 51.7 Å². The number of hydrogen-bond acceptors (Lipinski definition) is 6. The van der Waals surface area contributed by atoms with Crippen LogP contribution >= 0.6 is 22.9 Å². The van der Waals surface area contributed by atoms with E-state index in [1.807, 2.05) is 17.5 Å². The average Bonchev–Trinajstić information content (AvgIpc) is 3.24. The van der Waals surface area contributed by atoms with Crippen molar-refractivity contribution in [1.82, 2.24) is 14.9 Å². The third-order valence-corrected chi connectivity index (χ3v) is 7.25. The lowest BCUT2D eigenvalue weighted by Crippen LogP contribution is -2.53. The summed E-state index contributed by atoms with van der Waals surface area (Å²) in [6, 6.07) is 9.52. The van der Waals surface area contributed by atoms with E-state index in [9.17, 15) is 18.0 Å². The Hall–Kier alpha value is -1.98. The molecule has 0 radical (unpaired) electrons. The lowest BCUT2D eigenvalue weighted by atomic mass is 10.3. The molecule has 0 bridgehead atoms. The summed E-state index contributed by atoms with van der Waals surface area (Å²) in [6.07, 6.45) is -0.378. The Labute approximate surface area is 177 Å². The number of carbonyl (C=O) groups excluding carboxylic acids is 2. The van der Waals surface area contributed by atoms with Crippen molar-refractivity contribution in [3.8, 4) is 0 Å². The summed E-state index contributed by atoms with van der Waals surface area (Å²) >= 11 is 7.30. The molecule has 1 saturated heterocycles. The number of nitrogens with zero attached hydrogens (tertiary/aromatic N) is 1. The fourth-order valence-corrected chi connectivity index (χ4v) is 5.10. The predicted octanol–water partition coefficient (Wildman–Crippen LogP) is 1.57. The summed E-state index contributed by atoms with van der Waals surface area (Å²) in [5, 5.41) is 7.26. The number of rotatable bonds is 6. The van der Waals surface area contributed by atoms with E-state index in [-0.39, 0.29) is 24.5 Å². The summed E-state index contributed by atoms with van der Waals surface area (Å²) in [7, 11) is -3.84. The Morgan fingerprint density at radius 2 is 1.90 bits per heavy atom. The molecule has 1 aliphatic rings. The lowest BCUT2D eigenvalue weighted by Gasteiger charge is -2.34. The number of carbonyl (C=O) groups is 2. The van der Waals surface area contributed by atoms with Gasteiger partial charge < -0.3 is 15.4 Å². The maximum Gasteiger partial charge on any atom is 0.309 e. The van der Waals surface area contributed by atoms with Crippen LogP contribution in [0, 0.1) is 0 Å². The minimum absolute atomic E-state index is 0.0809. The first-order chi connectivity index (χ1) is 13.9. The Kier molecular flexibility index (Phi) is 7.25. The van der Waals surface area contributed by atoms with Crippen LogP contribution in [-0.4, -0.2) is 50.5 Å². The second kappa shape index (κ2) is 9.68. The van der Waals surface area contributed by atoms with Gasteiger partial charge in [0, 0.05) is 16.4 Å². The highest BCUT2D eigenvalue weighted by Gasteiger charge is 2.34. The molecule has 0 spiro atoms. The zero-order valence-corrected chi connectivity index (χ0v) is 17.7. The van der Waals surface area contributed by atoms with Gasteiger partial charge in [-0.25, -0.2) is 8.42 Å². The van der Waals surface area contributed by atoms with Crippen molar-refractivity contribution in [1.29, 1.82) is 0 Å². The molecular weight excluding hydrogens is 438 g/mol.